The van der Waals surface area contributed by atoms with Gasteiger partial charge in [0.1, 0.15) is 0 Å². The van der Waals surface area contributed by atoms with Gasteiger partial charge in [0.2, 0.25) is 5.91 Å². The van der Waals surface area contributed by atoms with E-state index in [4.69, 9.17) is 0 Å². The van der Waals surface area contributed by atoms with Crippen LogP contribution in [0.5, 0.6) is 0 Å². The minimum atomic E-state index is -0.126. The van der Waals surface area contributed by atoms with Crippen molar-refractivity contribution in [1.29, 1.82) is 0 Å². The Morgan fingerprint density at radius 2 is 1.64 bits per heavy atom. The first-order chi connectivity index (χ1) is 12.0. The second-order valence-corrected chi connectivity index (χ2v) is 5.80. The normalized spacial score (nSPS) is 10.2. The maximum absolute atomic E-state index is 12.4. The number of likely N-dealkylation sites (N-methyl/N-ethyl adjacent to an activating group) is 1. The minimum absolute atomic E-state index is 0.0255. The minimum Gasteiger partial charge on any atom is -0.365 e. The Hall–Kier alpha value is -2.82. The highest BCUT2D eigenvalue weighted by Crippen LogP contribution is 2.14. The van der Waals surface area contributed by atoms with Gasteiger partial charge in [-0.25, -0.2) is 0 Å². The predicted molar refractivity (Wildman–Crippen MR) is 102 cm³/mol. The molecule has 25 heavy (non-hydrogen) atoms. The van der Waals surface area contributed by atoms with Crippen LogP contribution in [0.2, 0.25) is 0 Å². The second kappa shape index (κ2) is 8.87. The molecule has 0 spiro atoms. The van der Waals surface area contributed by atoms with Gasteiger partial charge >= 0.3 is 0 Å². The Labute approximate surface area is 149 Å². The van der Waals surface area contributed by atoms with E-state index in [1.807, 2.05) is 56.1 Å². The van der Waals surface area contributed by atoms with Crippen LogP contribution in [0.15, 0.2) is 54.6 Å². The number of para-hydroxylation sites is 1. The number of rotatable bonds is 7. The van der Waals surface area contributed by atoms with Crippen molar-refractivity contribution in [3.63, 3.8) is 0 Å². The Bertz CT molecular complexity index is 712. The summed E-state index contributed by atoms with van der Waals surface area (Å²) in [6, 6.07) is 16.8. The summed E-state index contributed by atoms with van der Waals surface area (Å²) in [5.74, 6) is -0.152. The van der Waals surface area contributed by atoms with Crippen molar-refractivity contribution < 1.29 is 9.59 Å². The monoisotopic (exact) mass is 339 g/mol. The Kier molecular flexibility index (Phi) is 6.57. The molecule has 132 valence electrons. The van der Waals surface area contributed by atoms with Gasteiger partial charge in [0, 0.05) is 37.1 Å². The maximum atomic E-state index is 12.4. The molecule has 1 N–H and O–H groups in total. The molecule has 0 aliphatic rings. The van der Waals surface area contributed by atoms with Gasteiger partial charge in [-0.15, -0.1) is 0 Å². The fourth-order valence-electron chi connectivity index (χ4n) is 2.61. The molecule has 0 radical (unpaired) electrons. The molecule has 2 aromatic rings. The Balaban J connectivity index is 2.01. The molecule has 2 aromatic carbocycles. The number of hydrogen-bond acceptors (Lipinski definition) is 3. The highest BCUT2D eigenvalue weighted by molar-refractivity contribution is 5.98. The first kappa shape index (κ1) is 18.5. The number of anilines is 2. The fraction of sp³-hybridized carbons (Fsp3) is 0.300. The largest absolute Gasteiger partial charge is 0.365 e. The Morgan fingerprint density at radius 3 is 2.28 bits per heavy atom. The topological polar surface area (TPSA) is 52.7 Å². The molecule has 2 amide bonds. The summed E-state index contributed by atoms with van der Waals surface area (Å²) in [5, 5.41) is 2.86. The molecule has 2 rings (SSSR count). The van der Waals surface area contributed by atoms with Crippen molar-refractivity contribution in [1.82, 2.24) is 4.90 Å². The molecule has 5 heteroatoms. The summed E-state index contributed by atoms with van der Waals surface area (Å²) in [7, 11) is 1.87. The lowest BCUT2D eigenvalue weighted by Crippen LogP contribution is -2.31. The van der Waals surface area contributed by atoms with Gasteiger partial charge in [0.15, 0.2) is 0 Å². The first-order valence-corrected chi connectivity index (χ1v) is 8.50. The van der Waals surface area contributed by atoms with Crippen LogP contribution in [0.4, 0.5) is 11.4 Å². The van der Waals surface area contributed by atoms with Crippen molar-refractivity contribution in [3.8, 4) is 0 Å². The van der Waals surface area contributed by atoms with E-state index in [0.717, 1.165) is 5.69 Å². The fourth-order valence-corrected chi connectivity index (χ4v) is 2.61. The van der Waals surface area contributed by atoms with E-state index in [1.165, 1.54) is 0 Å². The molecular formula is C20H25N3O2. The lowest BCUT2D eigenvalue weighted by Gasteiger charge is -2.20. The molecule has 0 aliphatic carbocycles. The molecule has 0 bridgehead atoms. The predicted octanol–water partition coefficient (Wildman–Crippen LogP) is 3.24. The molecule has 0 aliphatic heterocycles. The lowest BCUT2D eigenvalue weighted by atomic mass is 10.1. The molecule has 0 fully saturated rings. The van der Waals surface area contributed by atoms with Crippen molar-refractivity contribution in [2.45, 2.75) is 13.8 Å². The van der Waals surface area contributed by atoms with E-state index in [-0.39, 0.29) is 18.4 Å². The first-order valence-electron chi connectivity index (χ1n) is 8.50. The van der Waals surface area contributed by atoms with Crippen LogP contribution >= 0.6 is 0 Å². The number of benzene rings is 2. The van der Waals surface area contributed by atoms with Crippen LogP contribution < -0.4 is 10.2 Å². The number of nitrogens with one attached hydrogen (secondary N) is 1. The average molecular weight is 339 g/mol. The van der Waals surface area contributed by atoms with Crippen LogP contribution in [-0.4, -0.2) is 43.4 Å². The molecule has 0 heterocycles. The van der Waals surface area contributed by atoms with E-state index in [9.17, 15) is 9.59 Å². The molecule has 0 saturated carbocycles. The summed E-state index contributed by atoms with van der Waals surface area (Å²) in [6.07, 6.45) is 0. The number of amides is 2. The number of nitrogens with zero attached hydrogens (tertiary/aromatic N) is 2. The van der Waals surface area contributed by atoms with Gasteiger partial charge in [0.05, 0.1) is 6.54 Å². The molecule has 0 unspecified atom stereocenters. The molecule has 0 atom stereocenters. The van der Waals surface area contributed by atoms with Crippen molar-refractivity contribution >= 4 is 23.2 Å². The average Bonchev–Trinajstić information content (AvgIpc) is 2.63. The van der Waals surface area contributed by atoms with Gasteiger partial charge in [-0.2, -0.15) is 0 Å². The SMILES string of the molecule is CCN(CC)C(=O)c1cccc(NC(=O)CN(C)c2ccccc2)c1. The van der Waals surface area contributed by atoms with Gasteiger partial charge in [0.25, 0.3) is 5.91 Å². The van der Waals surface area contributed by atoms with E-state index < -0.39 is 0 Å². The highest BCUT2D eigenvalue weighted by Gasteiger charge is 2.13. The van der Waals surface area contributed by atoms with Gasteiger partial charge in [-0.1, -0.05) is 24.3 Å². The van der Waals surface area contributed by atoms with Crippen molar-refractivity contribution in [2.24, 2.45) is 0 Å². The third-order valence-electron chi connectivity index (χ3n) is 4.02. The molecule has 0 aromatic heterocycles. The number of carbonyl (C=O) groups is 2. The van der Waals surface area contributed by atoms with E-state index in [0.29, 0.717) is 24.3 Å². The van der Waals surface area contributed by atoms with E-state index in [1.54, 1.807) is 29.2 Å². The summed E-state index contributed by atoms with van der Waals surface area (Å²) in [6.45, 7) is 5.46. The second-order valence-electron chi connectivity index (χ2n) is 5.80. The lowest BCUT2D eigenvalue weighted by molar-refractivity contribution is -0.114. The summed E-state index contributed by atoms with van der Waals surface area (Å²) in [5.41, 5.74) is 2.19. The highest BCUT2D eigenvalue weighted by atomic mass is 16.2. The molecule has 0 saturated heterocycles. The van der Waals surface area contributed by atoms with Crippen LogP contribution in [0.25, 0.3) is 0 Å². The quantitative estimate of drug-likeness (QED) is 0.842. The zero-order valence-corrected chi connectivity index (χ0v) is 15.0. The van der Waals surface area contributed by atoms with Crippen LogP contribution in [0, 0.1) is 0 Å². The zero-order chi connectivity index (χ0) is 18.2. The maximum Gasteiger partial charge on any atom is 0.253 e. The molecule has 5 nitrogen and oxygen atoms in total. The van der Waals surface area contributed by atoms with Gasteiger partial charge < -0.3 is 15.1 Å². The Morgan fingerprint density at radius 1 is 0.960 bits per heavy atom. The van der Waals surface area contributed by atoms with Crippen LogP contribution in [0.1, 0.15) is 24.2 Å². The van der Waals surface area contributed by atoms with Crippen molar-refractivity contribution in [3.05, 3.63) is 60.2 Å². The number of hydrogen-bond donors (Lipinski definition) is 1. The molecular weight excluding hydrogens is 314 g/mol. The van der Waals surface area contributed by atoms with Gasteiger partial charge in [-0.05, 0) is 44.2 Å². The standard InChI is InChI=1S/C20H25N3O2/c1-4-23(5-2)20(25)16-10-9-11-17(14-16)21-19(24)15-22(3)18-12-7-6-8-13-18/h6-14H,4-5,15H2,1-3H3,(H,21,24). The van der Waals surface area contributed by atoms with E-state index in [2.05, 4.69) is 5.32 Å². The summed E-state index contributed by atoms with van der Waals surface area (Å²) >= 11 is 0. The summed E-state index contributed by atoms with van der Waals surface area (Å²) in [4.78, 5) is 28.3. The van der Waals surface area contributed by atoms with Crippen LogP contribution in [-0.2, 0) is 4.79 Å². The van der Waals surface area contributed by atoms with E-state index >= 15 is 0 Å². The zero-order valence-electron chi connectivity index (χ0n) is 15.0. The summed E-state index contributed by atoms with van der Waals surface area (Å²) < 4.78 is 0. The third-order valence-corrected chi connectivity index (χ3v) is 4.02. The number of carbonyl (C=O) groups excluding carboxylic acids is 2. The smallest absolute Gasteiger partial charge is 0.253 e. The van der Waals surface area contributed by atoms with Gasteiger partial charge in [-0.3, -0.25) is 9.59 Å². The van der Waals surface area contributed by atoms with Crippen LogP contribution in [0.3, 0.4) is 0 Å². The third kappa shape index (κ3) is 5.08. The van der Waals surface area contributed by atoms with Crippen molar-refractivity contribution in [2.75, 3.05) is 36.9 Å².